The number of nitrogens with one attached hydrogen (secondary N) is 1. The maximum atomic E-state index is 12.2. The number of carboxylic acids is 1. The molecule has 2 rings (SSSR count). The molecular weight excluding hydrogens is 324 g/mol. The lowest BCUT2D eigenvalue weighted by molar-refractivity contribution is 0.0696. The van der Waals surface area contributed by atoms with Crippen molar-refractivity contribution in [2.75, 3.05) is 5.32 Å². The minimum Gasteiger partial charge on any atom is -0.478 e. The summed E-state index contributed by atoms with van der Waals surface area (Å²) in [4.78, 5) is 23.0. The Bertz CT molecular complexity index is 692. The Morgan fingerprint density at radius 2 is 2.00 bits per heavy atom. The summed E-state index contributed by atoms with van der Waals surface area (Å²) in [5, 5.41) is 11.7. The van der Waals surface area contributed by atoms with Crippen LogP contribution in [-0.2, 0) is 7.05 Å². The molecule has 0 spiro atoms. The van der Waals surface area contributed by atoms with Crippen molar-refractivity contribution in [1.82, 2.24) is 4.57 Å². The molecule has 104 valence electrons. The first kappa shape index (κ1) is 14.3. The van der Waals surface area contributed by atoms with Crippen molar-refractivity contribution in [3.05, 3.63) is 51.8 Å². The van der Waals surface area contributed by atoms with Gasteiger partial charge in [-0.3, -0.25) is 4.79 Å². The first-order valence-corrected chi connectivity index (χ1v) is 6.65. The highest BCUT2D eigenvalue weighted by Gasteiger charge is 2.13. The molecular formula is C14H13BrN2O3. The molecule has 1 aromatic heterocycles. The largest absolute Gasteiger partial charge is 0.478 e. The van der Waals surface area contributed by atoms with E-state index >= 15 is 0 Å². The second kappa shape index (κ2) is 5.50. The van der Waals surface area contributed by atoms with Crippen LogP contribution in [0.15, 0.2) is 34.9 Å². The van der Waals surface area contributed by atoms with E-state index in [0.29, 0.717) is 16.9 Å². The van der Waals surface area contributed by atoms with Gasteiger partial charge in [0.1, 0.15) is 5.69 Å². The number of amides is 1. The summed E-state index contributed by atoms with van der Waals surface area (Å²) in [5.74, 6) is -1.23. The van der Waals surface area contributed by atoms with Gasteiger partial charge in [0, 0.05) is 23.4 Å². The molecule has 0 saturated heterocycles. The molecule has 0 bridgehead atoms. The van der Waals surface area contributed by atoms with Crippen LogP contribution in [0.4, 0.5) is 5.69 Å². The lowest BCUT2D eigenvalue weighted by Crippen LogP contribution is -2.16. The first-order chi connectivity index (χ1) is 9.38. The molecule has 0 saturated carbocycles. The molecule has 0 unspecified atom stereocenters. The third-order valence-electron chi connectivity index (χ3n) is 2.93. The average Bonchev–Trinajstić information content (AvgIpc) is 2.70. The van der Waals surface area contributed by atoms with E-state index in [1.807, 2.05) is 0 Å². The van der Waals surface area contributed by atoms with Crippen molar-refractivity contribution in [3.63, 3.8) is 0 Å². The van der Waals surface area contributed by atoms with Gasteiger partial charge in [0.05, 0.1) is 5.56 Å². The Hall–Kier alpha value is -2.08. The second-order valence-electron chi connectivity index (χ2n) is 4.44. The van der Waals surface area contributed by atoms with Crippen molar-refractivity contribution in [2.45, 2.75) is 6.92 Å². The van der Waals surface area contributed by atoms with Gasteiger partial charge in [-0.2, -0.15) is 0 Å². The van der Waals surface area contributed by atoms with Crippen LogP contribution >= 0.6 is 15.9 Å². The maximum Gasteiger partial charge on any atom is 0.335 e. The molecule has 1 amide bonds. The molecule has 0 aliphatic heterocycles. The van der Waals surface area contributed by atoms with Crippen molar-refractivity contribution < 1.29 is 14.7 Å². The van der Waals surface area contributed by atoms with Gasteiger partial charge in [0.25, 0.3) is 5.91 Å². The smallest absolute Gasteiger partial charge is 0.335 e. The van der Waals surface area contributed by atoms with Gasteiger partial charge >= 0.3 is 5.97 Å². The zero-order chi connectivity index (χ0) is 14.9. The zero-order valence-electron chi connectivity index (χ0n) is 11.0. The van der Waals surface area contributed by atoms with Gasteiger partial charge in [0.2, 0.25) is 0 Å². The molecule has 0 aliphatic carbocycles. The summed E-state index contributed by atoms with van der Waals surface area (Å²) in [6, 6.07) is 6.30. The number of hydrogen-bond acceptors (Lipinski definition) is 2. The minimum absolute atomic E-state index is 0.196. The van der Waals surface area contributed by atoms with Crippen molar-refractivity contribution in [1.29, 1.82) is 0 Å². The van der Waals surface area contributed by atoms with Crippen LogP contribution in [0.5, 0.6) is 0 Å². The predicted molar refractivity (Wildman–Crippen MR) is 79.2 cm³/mol. The van der Waals surface area contributed by atoms with Crippen LogP contribution in [0.25, 0.3) is 0 Å². The standard InChI is InChI=1S/C14H13BrN2O3/c1-8-5-9(14(19)20)3-4-11(8)16-13(18)12-6-10(15)7-17(12)2/h3-7H,1-2H3,(H,16,18)(H,19,20). The molecule has 1 heterocycles. The molecule has 2 aromatic rings. The van der Waals surface area contributed by atoms with Gasteiger partial charge in [-0.15, -0.1) is 0 Å². The predicted octanol–water partition coefficient (Wildman–Crippen LogP) is 3.05. The summed E-state index contributed by atoms with van der Waals surface area (Å²) in [7, 11) is 1.78. The van der Waals surface area contributed by atoms with Crippen LogP contribution < -0.4 is 5.32 Å². The number of carbonyl (C=O) groups is 2. The lowest BCUT2D eigenvalue weighted by Gasteiger charge is -2.09. The zero-order valence-corrected chi connectivity index (χ0v) is 12.6. The second-order valence-corrected chi connectivity index (χ2v) is 5.36. The number of rotatable bonds is 3. The Morgan fingerprint density at radius 3 is 2.50 bits per heavy atom. The highest BCUT2D eigenvalue weighted by Crippen LogP contribution is 2.19. The number of carboxylic acid groups (broad SMARTS) is 1. The maximum absolute atomic E-state index is 12.2. The first-order valence-electron chi connectivity index (χ1n) is 5.85. The fourth-order valence-electron chi connectivity index (χ4n) is 1.87. The highest BCUT2D eigenvalue weighted by atomic mass is 79.9. The number of nitrogens with zero attached hydrogens (tertiary/aromatic N) is 1. The monoisotopic (exact) mass is 336 g/mol. The molecule has 5 nitrogen and oxygen atoms in total. The summed E-state index contributed by atoms with van der Waals surface area (Å²) in [6.45, 7) is 1.75. The van der Waals surface area contributed by atoms with E-state index in [-0.39, 0.29) is 11.5 Å². The number of aryl methyl sites for hydroxylation is 2. The van der Waals surface area contributed by atoms with E-state index < -0.39 is 5.97 Å². The van der Waals surface area contributed by atoms with E-state index in [0.717, 1.165) is 4.47 Å². The SMILES string of the molecule is Cc1cc(C(=O)O)ccc1NC(=O)c1cc(Br)cn1C. The van der Waals surface area contributed by atoms with Gasteiger partial charge in [-0.25, -0.2) is 4.79 Å². The highest BCUT2D eigenvalue weighted by molar-refractivity contribution is 9.10. The fraction of sp³-hybridized carbons (Fsp3) is 0.143. The van der Waals surface area contributed by atoms with Crippen LogP contribution in [0.3, 0.4) is 0 Å². The molecule has 6 heteroatoms. The van der Waals surface area contributed by atoms with Gasteiger partial charge in [0.15, 0.2) is 0 Å². The number of hydrogen-bond donors (Lipinski definition) is 2. The van der Waals surface area contributed by atoms with E-state index in [4.69, 9.17) is 5.11 Å². The number of anilines is 1. The Kier molecular flexibility index (Phi) is 3.94. The van der Waals surface area contributed by atoms with Crippen LogP contribution in [0, 0.1) is 6.92 Å². The van der Waals surface area contributed by atoms with Gasteiger partial charge < -0.3 is 15.0 Å². The van der Waals surface area contributed by atoms with Crippen molar-refractivity contribution in [2.24, 2.45) is 7.05 Å². The number of aromatic carboxylic acids is 1. The summed E-state index contributed by atoms with van der Waals surface area (Å²) < 4.78 is 2.53. The number of halogens is 1. The fourth-order valence-corrected chi connectivity index (χ4v) is 2.40. The molecule has 1 aromatic carbocycles. The molecule has 2 N–H and O–H groups in total. The lowest BCUT2D eigenvalue weighted by atomic mass is 10.1. The molecule has 20 heavy (non-hydrogen) atoms. The third kappa shape index (κ3) is 2.91. The normalized spacial score (nSPS) is 10.3. The Morgan fingerprint density at radius 1 is 1.30 bits per heavy atom. The van der Waals surface area contributed by atoms with Crippen LogP contribution in [0.1, 0.15) is 26.4 Å². The Balaban J connectivity index is 2.24. The van der Waals surface area contributed by atoms with Gasteiger partial charge in [-0.1, -0.05) is 0 Å². The minimum atomic E-state index is -0.989. The molecule has 0 fully saturated rings. The van der Waals surface area contributed by atoms with Crippen LogP contribution in [0.2, 0.25) is 0 Å². The topological polar surface area (TPSA) is 71.3 Å². The van der Waals surface area contributed by atoms with Gasteiger partial charge in [-0.05, 0) is 52.7 Å². The van der Waals surface area contributed by atoms with Crippen molar-refractivity contribution in [3.8, 4) is 0 Å². The summed E-state index contributed by atoms with van der Waals surface area (Å²) in [5.41, 5.74) is 2.00. The van der Waals surface area contributed by atoms with E-state index in [1.165, 1.54) is 12.1 Å². The summed E-state index contributed by atoms with van der Waals surface area (Å²) in [6.07, 6.45) is 1.79. The Labute approximate surface area is 124 Å². The number of aromatic nitrogens is 1. The van der Waals surface area contributed by atoms with E-state index in [2.05, 4.69) is 21.2 Å². The molecule has 0 atom stereocenters. The number of carbonyl (C=O) groups excluding carboxylic acids is 1. The van der Waals surface area contributed by atoms with Crippen LogP contribution in [-0.4, -0.2) is 21.6 Å². The van der Waals surface area contributed by atoms with Crippen molar-refractivity contribution >= 4 is 33.5 Å². The van der Waals surface area contributed by atoms with E-state index in [9.17, 15) is 9.59 Å². The quantitative estimate of drug-likeness (QED) is 0.904. The average molecular weight is 337 g/mol. The van der Waals surface area contributed by atoms with E-state index in [1.54, 1.807) is 36.9 Å². The summed E-state index contributed by atoms with van der Waals surface area (Å²) >= 11 is 3.31. The molecule has 0 aliphatic rings. The third-order valence-corrected chi connectivity index (χ3v) is 3.36. The number of benzene rings is 1. The molecule has 0 radical (unpaired) electrons.